The summed E-state index contributed by atoms with van der Waals surface area (Å²) in [4.78, 5) is 11.4. The van der Waals surface area contributed by atoms with Gasteiger partial charge in [-0.05, 0) is 25.3 Å². The van der Waals surface area contributed by atoms with E-state index in [0.717, 1.165) is 30.6 Å². The summed E-state index contributed by atoms with van der Waals surface area (Å²) in [5, 5.41) is 0. The van der Waals surface area contributed by atoms with Gasteiger partial charge in [-0.15, -0.1) is 0 Å². The van der Waals surface area contributed by atoms with E-state index in [-0.39, 0.29) is 11.9 Å². The average Bonchev–Trinajstić information content (AvgIpc) is 2.70. The van der Waals surface area contributed by atoms with Gasteiger partial charge in [-0.1, -0.05) is 24.3 Å². The van der Waals surface area contributed by atoms with E-state index in [4.69, 9.17) is 4.74 Å². The Hall–Kier alpha value is -1.15. The molecule has 1 saturated heterocycles. The van der Waals surface area contributed by atoms with Crippen LogP contribution in [0.5, 0.6) is 0 Å². The van der Waals surface area contributed by atoms with Crippen molar-refractivity contribution in [3.63, 3.8) is 0 Å². The number of hydrogen-bond acceptors (Lipinski definition) is 2. The van der Waals surface area contributed by atoms with E-state index < -0.39 is 0 Å². The summed E-state index contributed by atoms with van der Waals surface area (Å²) in [6.07, 6.45) is 2.26. The molecule has 1 fully saturated rings. The Morgan fingerprint density at radius 1 is 1.43 bits per heavy atom. The molecule has 2 nitrogen and oxygen atoms in total. The highest BCUT2D eigenvalue weighted by molar-refractivity contribution is 5.95. The van der Waals surface area contributed by atoms with Crippen molar-refractivity contribution in [1.82, 2.24) is 0 Å². The van der Waals surface area contributed by atoms with Crippen LogP contribution in [0.1, 0.15) is 41.8 Å². The maximum Gasteiger partial charge on any atom is 0.160 e. The first-order chi connectivity index (χ1) is 6.79. The maximum atomic E-state index is 11.4. The number of Topliss-reactive ketones (excluding diaryl/α,β-unsaturated/α-hetero) is 1. The number of carbonyl (C=O) groups is 1. The maximum absolute atomic E-state index is 11.4. The van der Waals surface area contributed by atoms with Gasteiger partial charge in [0, 0.05) is 12.2 Å². The number of rotatable bonds is 2. The van der Waals surface area contributed by atoms with Crippen LogP contribution in [0.2, 0.25) is 0 Å². The topological polar surface area (TPSA) is 26.3 Å². The van der Waals surface area contributed by atoms with Crippen molar-refractivity contribution >= 4 is 5.78 Å². The van der Waals surface area contributed by atoms with Crippen LogP contribution < -0.4 is 0 Å². The van der Waals surface area contributed by atoms with Crippen molar-refractivity contribution < 1.29 is 9.53 Å². The Bertz CT molecular complexity index is 338. The second-order valence-corrected chi connectivity index (χ2v) is 3.65. The zero-order chi connectivity index (χ0) is 9.97. The van der Waals surface area contributed by atoms with E-state index in [1.54, 1.807) is 6.92 Å². The predicted molar refractivity (Wildman–Crippen MR) is 54.4 cm³/mol. The van der Waals surface area contributed by atoms with Crippen LogP contribution in [0, 0.1) is 0 Å². The Morgan fingerprint density at radius 3 is 2.86 bits per heavy atom. The van der Waals surface area contributed by atoms with E-state index in [1.165, 1.54) is 0 Å². The summed E-state index contributed by atoms with van der Waals surface area (Å²) < 4.78 is 5.58. The predicted octanol–water partition coefficient (Wildman–Crippen LogP) is 2.74. The molecule has 0 amide bonds. The summed E-state index contributed by atoms with van der Waals surface area (Å²) in [7, 11) is 0. The van der Waals surface area contributed by atoms with Gasteiger partial charge in [-0.3, -0.25) is 4.79 Å². The lowest BCUT2D eigenvalue weighted by molar-refractivity contribution is 0.0980. The Kier molecular flexibility index (Phi) is 2.64. The van der Waals surface area contributed by atoms with Crippen LogP contribution in [0.15, 0.2) is 24.3 Å². The normalized spacial score (nSPS) is 21.1. The number of hydrogen-bond donors (Lipinski definition) is 0. The van der Waals surface area contributed by atoms with Gasteiger partial charge in [0.05, 0.1) is 6.10 Å². The molecular formula is C12H14O2. The molecule has 74 valence electrons. The van der Waals surface area contributed by atoms with E-state index in [0.29, 0.717) is 0 Å². The van der Waals surface area contributed by atoms with Gasteiger partial charge >= 0.3 is 0 Å². The van der Waals surface area contributed by atoms with Gasteiger partial charge in [0.15, 0.2) is 5.78 Å². The van der Waals surface area contributed by atoms with E-state index in [9.17, 15) is 4.79 Å². The van der Waals surface area contributed by atoms with E-state index in [2.05, 4.69) is 0 Å². The average molecular weight is 190 g/mol. The molecule has 1 unspecified atom stereocenters. The van der Waals surface area contributed by atoms with Crippen molar-refractivity contribution in [2.75, 3.05) is 6.61 Å². The first kappa shape index (κ1) is 9.41. The summed E-state index contributed by atoms with van der Waals surface area (Å²) in [5.74, 6) is 0.121. The summed E-state index contributed by atoms with van der Waals surface area (Å²) in [5.41, 5.74) is 1.86. The molecule has 2 heteroatoms. The number of carbonyl (C=O) groups excluding carboxylic acids is 1. The van der Waals surface area contributed by atoms with Crippen LogP contribution in [0.4, 0.5) is 0 Å². The van der Waals surface area contributed by atoms with Crippen LogP contribution in [0.3, 0.4) is 0 Å². The molecule has 1 aromatic carbocycles. The van der Waals surface area contributed by atoms with Gasteiger partial charge in [0.2, 0.25) is 0 Å². The number of ketones is 1. The Balaban J connectivity index is 2.35. The SMILES string of the molecule is CC(=O)c1ccccc1C1CCCO1. The van der Waals surface area contributed by atoms with E-state index >= 15 is 0 Å². The zero-order valence-electron chi connectivity index (χ0n) is 8.32. The molecule has 14 heavy (non-hydrogen) atoms. The van der Waals surface area contributed by atoms with Crippen molar-refractivity contribution in [2.24, 2.45) is 0 Å². The van der Waals surface area contributed by atoms with Crippen molar-refractivity contribution in [3.05, 3.63) is 35.4 Å². The Labute approximate surface area is 83.9 Å². The molecule has 1 aliphatic rings. The fourth-order valence-corrected chi connectivity index (χ4v) is 1.92. The van der Waals surface area contributed by atoms with Crippen LogP contribution in [-0.4, -0.2) is 12.4 Å². The molecule has 1 heterocycles. The third kappa shape index (κ3) is 1.70. The molecule has 1 aromatic rings. The second-order valence-electron chi connectivity index (χ2n) is 3.65. The fourth-order valence-electron chi connectivity index (χ4n) is 1.92. The van der Waals surface area contributed by atoms with Gasteiger partial charge < -0.3 is 4.74 Å². The van der Waals surface area contributed by atoms with Crippen LogP contribution >= 0.6 is 0 Å². The quantitative estimate of drug-likeness (QED) is 0.670. The van der Waals surface area contributed by atoms with Gasteiger partial charge in [0.1, 0.15) is 0 Å². The first-order valence-corrected chi connectivity index (χ1v) is 5.00. The monoisotopic (exact) mass is 190 g/mol. The standard InChI is InChI=1S/C12H14O2/c1-9(13)10-5-2-3-6-11(10)12-7-4-8-14-12/h2-3,5-6,12H,4,7-8H2,1H3. The third-order valence-corrected chi connectivity index (χ3v) is 2.62. The lowest BCUT2D eigenvalue weighted by Gasteiger charge is -2.12. The minimum atomic E-state index is 0.121. The molecule has 0 saturated carbocycles. The molecular weight excluding hydrogens is 176 g/mol. The highest BCUT2D eigenvalue weighted by Crippen LogP contribution is 2.30. The minimum Gasteiger partial charge on any atom is -0.374 e. The molecule has 0 spiro atoms. The molecule has 0 N–H and O–H groups in total. The summed E-state index contributed by atoms with van der Waals surface area (Å²) in [6, 6.07) is 7.73. The number of ether oxygens (including phenoxy) is 1. The largest absolute Gasteiger partial charge is 0.374 e. The molecule has 1 aliphatic heterocycles. The number of benzene rings is 1. The molecule has 0 aliphatic carbocycles. The van der Waals surface area contributed by atoms with Crippen molar-refractivity contribution in [3.8, 4) is 0 Å². The smallest absolute Gasteiger partial charge is 0.160 e. The van der Waals surface area contributed by atoms with Gasteiger partial charge in [-0.25, -0.2) is 0 Å². The van der Waals surface area contributed by atoms with E-state index in [1.807, 2.05) is 24.3 Å². The molecule has 0 radical (unpaired) electrons. The third-order valence-electron chi connectivity index (χ3n) is 2.62. The first-order valence-electron chi connectivity index (χ1n) is 5.00. The second kappa shape index (κ2) is 3.93. The highest BCUT2D eigenvalue weighted by Gasteiger charge is 2.21. The summed E-state index contributed by atoms with van der Waals surface area (Å²) >= 11 is 0. The van der Waals surface area contributed by atoms with Crippen molar-refractivity contribution in [1.29, 1.82) is 0 Å². The lowest BCUT2D eigenvalue weighted by Crippen LogP contribution is -2.04. The van der Waals surface area contributed by atoms with Crippen LogP contribution in [0.25, 0.3) is 0 Å². The molecule has 1 atom stereocenters. The van der Waals surface area contributed by atoms with Crippen molar-refractivity contribution in [2.45, 2.75) is 25.9 Å². The highest BCUT2D eigenvalue weighted by atomic mass is 16.5. The summed E-state index contributed by atoms with van der Waals surface area (Å²) in [6.45, 7) is 2.42. The minimum absolute atomic E-state index is 0.121. The Morgan fingerprint density at radius 2 is 2.21 bits per heavy atom. The molecule has 0 aromatic heterocycles. The van der Waals surface area contributed by atoms with Gasteiger partial charge in [0.25, 0.3) is 0 Å². The lowest BCUT2D eigenvalue weighted by atomic mass is 9.98. The molecule has 0 bridgehead atoms. The van der Waals surface area contributed by atoms with Crippen LogP contribution in [-0.2, 0) is 4.74 Å². The zero-order valence-corrected chi connectivity index (χ0v) is 8.32. The van der Waals surface area contributed by atoms with Gasteiger partial charge in [-0.2, -0.15) is 0 Å². The molecule has 2 rings (SSSR count). The fraction of sp³-hybridized carbons (Fsp3) is 0.417.